The van der Waals surface area contributed by atoms with Crippen LogP contribution in [0.1, 0.15) is 18.9 Å². The third-order valence-corrected chi connectivity index (χ3v) is 6.51. The highest BCUT2D eigenvalue weighted by Gasteiger charge is 2.18. The summed E-state index contributed by atoms with van der Waals surface area (Å²) in [6, 6.07) is 24.1. The van der Waals surface area contributed by atoms with E-state index in [9.17, 15) is 14.0 Å². The molecule has 3 aromatic carbocycles. The molecule has 0 saturated carbocycles. The highest BCUT2D eigenvalue weighted by atomic mass is 32.1. The maximum absolute atomic E-state index is 14.5. The summed E-state index contributed by atoms with van der Waals surface area (Å²) in [5.41, 5.74) is 3.30. The van der Waals surface area contributed by atoms with Gasteiger partial charge in [0.25, 0.3) is 0 Å². The second kappa shape index (κ2) is 11.6. The highest BCUT2D eigenvalue weighted by Crippen LogP contribution is 2.34. The van der Waals surface area contributed by atoms with Crippen molar-refractivity contribution in [3.8, 4) is 27.4 Å². The number of hydrogen-bond donors (Lipinski definition) is 0. The molecule has 0 aliphatic carbocycles. The predicted octanol–water partition coefficient (Wildman–Crippen LogP) is 5.96. The second-order valence-electron chi connectivity index (χ2n) is 7.88. The van der Waals surface area contributed by atoms with Crippen molar-refractivity contribution < 1.29 is 18.7 Å². The molecule has 35 heavy (non-hydrogen) atoms. The monoisotopic (exact) mass is 491 g/mol. The van der Waals surface area contributed by atoms with Crippen LogP contribution in [0.4, 0.5) is 4.39 Å². The predicted molar refractivity (Wildman–Crippen MR) is 136 cm³/mol. The van der Waals surface area contributed by atoms with E-state index in [-0.39, 0.29) is 23.9 Å². The molecule has 0 amide bonds. The van der Waals surface area contributed by atoms with Gasteiger partial charge < -0.3 is 9.47 Å². The van der Waals surface area contributed by atoms with Crippen molar-refractivity contribution in [1.82, 2.24) is 4.57 Å². The molecule has 0 aliphatic rings. The summed E-state index contributed by atoms with van der Waals surface area (Å²) < 4.78 is 26.5. The summed E-state index contributed by atoms with van der Waals surface area (Å²) >= 11 is 1.22. The van der Waals surface area contributed by atoms with Crippen molar-refractivity contribution in [2.45, 2.75) is 26.3 Å². The van der Waals surface area contributed by atoms with Crippen LogP contribution in [0, 0.1) is 5.82 Å². The number of halogens is 1. The van der Waals surface area contributed by atoms with Gasteiger partial charge >= 0.3 is 10.8 Å². The standard InChI is InChI=1S/C28H26FNO4S/c1-2-33-25(31)19-34-23-15-16-24(29)22(18-23)14-9-17-30-26(20-10-5-3-6-11-20)27(35-28(30)32)21-12-7-4-8-13-21/h3-8,10-13,15-16,18H,2,9,14,17,19H2,1H3. The summed E-state index contributed by atoms with van der Waals surface area (Å²) in [7, 11) is 0. The third kappa shape index (κ3) is 6.05. The van der Waals surface area contributed by atoms with Gasteiger partial charge in [-0.05, 0) is 54.7 Å². The summed E-state index contributed by atoms with van der Waals surface area (Å²) in [4.78, 5) is 25.4. The van der Waals surface area contributed by atoms with Gasteiger partial charge in [0.15, 0.2) is 6.61 Å². The lowest BCUT2D eigenvalue weighted by Gasteiger charge is -2.12. The van der Waals surface area contributed by atoms with Crippen molar-refractivity contribution >= 4 is 17.3 Å². The SMILES string of the molecule is CCOC(=O)COc1ccc(F)c(CCCn2c(-c3ccccc3)c(-c3ccccc3)sc2=O)c1. The first-order chi connectivity index (χ1) is 17.1. The fraction of sp³-hybridized carbons (Fsp3) is 0.214. The zero-order valence-electron chi connectivity index (χ0n) is 19.4. The average Bonchev–Trinajstić information content (AvgIpc) is 3.21. The Morgan fingerprint density at radius 1 is 0.971 bits per heavy atom. The molecule has 0 bridgehead atoms. The molecule has 4 rings (SSSR count). The van der Waals surface area contributed by atoms with Crippen LogP contribution in [0.2, 0.25) is 0 Å². The number of aromatic nitrogens is 1. The maximum atomic E-state index is 14.5. The fourth-order valence-corrected chi connectivity index (χ4v) is 4.93. The van der Waals surface area contributed by atoms with Crippen molar-refractivity contribution in [3.05, 3.63) is 99.9 Å². The first-order valence-corrected chi connectivity index (χ1v) is 12.3. The normalized spacial score (nSPS) is 10.8. The Bertz CT molecular complexity index is 1330. The van der Waals surface area contributed by atoms with Crippen LogP contribution in [0.3, 0.4) is 0 Å². The van der Waals surface area contributed by atoms with Crippen LogP contribution in [0.15, 0.2) is 83.7 Å². The van der Waals surface area contributed by atoms with E-state index >= 15 is 0 Å². The summed E-state index contributed by atoms with van der Waals surface area (Å²) in [6.45, 7) is 2.21. The average molecular weight is 492 g/mol. The minimum absolute atomic E-state index is 0.0466. The smallest absolute Gasteiger partial charge is 0.344 e. The van der Waals surface area contributed by atoms with Crippen molar-refractivity contribution in [2.75, 3.05) is 13.2 Å². The van der Waals surface area contributed by atoms with Crippen molar-refractivity contribution in [1.29, 1.82) is 0 Å². The molecule has 0 saturated heterocycles. The molecule has 0 radical (unpaired) electrons. The number of aryl methyl sites for hydroxylation is 1. The topological polar surface area (TPSA) is 57.5 Å². The van der Waals surface area contributed by atoms with E-state index in [0.717, 1.165) is 21.7 Å². The third-order valence-electron chi connectivity index (χ3n) is 5.48. The zero-order chi connectivity index (χ0) is 24.6. The molecule has 4 aromatic rings. The number of benzene rings is 3. The maximum Gasteiger partial charge on any atom is 0.344 e. The van der Waals surface area contributed by atoms with Crippen LogP contribution in [0.5, 0.6) is 5.75 Å². The Labute approximate surface area is 207 Å². The molecule has 7 heteroatoms. The number of hydrogen-bond acceptors (Lipinski definition) is 5. The number of carbonyl (C=O) groups is 1. The lowest BCUT2D eigenvalue weighted by Crippen LogP contribution is -2.15. The molecule has 5 nitrogen and oxygen atoms in total. The van der Waals surface area contributed by atoms with Gasteiger partial charge in [0, 0.05) is 6.54 Å². The Balaban J connectivity index is 1.54. The minimum Gasteiger partial charge on any atom is -0.482 e. The van der Waals surface area contributed by atoms with Gasteiger partial charge in [0.05, 0.1) is 17.2 Å². The van der Waals surface area contributed by atoms with E-state index in [4.69, 9.17) is 9.47 Å². The van der Waals surface area contributed by atoms with E-state index in [1.165, 1.54) is 23.5 Å². The van der Waals surface area contributed by atoms with E-state index in [1.807, 2.05) is 60.7 Å². The van der Waals surface area contributed by atoms with Crippen LogP contribution in [-0.2, 0) is 22.5 Å². The Kier molecular flexibility index (Phi) is 8.11. The Hall–Kier alpha value is -3.71. The molecule has 1 aromatic heterocycles. The van der Waals surface area contributed by atoms with Crippen LogP contribution in [0.25, 0.3) is 21.7 Å². The number of thiazole rings is 1. The quantitative estimate of drug-likeness (QED) is 0.257. The van der Waals surface area contributed by atoms with E-state index in [1.54, 1.807) is 17.6 Å². The van der Waals surface area contributed by atoms with E-state index in [0.29, 0.717) is 30.7 Å². The van der Waals surface area contributed by atoms with Gasteiger partial charge in [-0.15, -0.1) is 0 Å². The van der Waals surface area contributed by atoms with E-state index < -0.39 is 5.97 Å². The number of nitrogens with zero attached hydrogens (tertiary/aromatic N) is 1. The highest BCUT2D eigenvalue weighted by molar-refractivity contribution is 7.13. The van der Waals surface area contributed by atoms with Gasteiger partial charge in [-0.25, -0.2) is 9.18 Å². The molecule has 0 fully saturated rings. The van der Waals surface area contributed by atoms with Crippen LogP contribution >= 0.6 is 11.3 Å². The number of esters is 1. The first-order valence-electron chi connectivity index (χ1n) is 11.5. The summed E-state index contributed by atoms with van der Waals surface area (Å²) in [6.07, 6.45) is 0.975. The first kappa shape index (κ1) is 24.4. The summed E-state index contributed by atoms with van der Waals surface area (Å²) in [5.74, 6) is -0.421. The molecular formula is C28H26FNO4S. The van der Waals surface area contributed by atoms with Gasteiger partial charge in [0.2, 0.25) is 0 Å². The number of ether oxygens (including phenoxy) is 2. The lowest BCUT2D eigenvalue weighted by molar-refractivity contribution is -0.145. The van der Waals surface area contributed by atoms with Crippen molar-refractivity contribution in [2.24, 2.45) is 0 Å². The fourth-order valence-electron chi connectivity index (χ4n) is 3.88. The summed E-state index contributed by atoms with van der Waals surface area (Å²) in [5, 5.41) is 0. The molecule has 180 valence electrons. The number of carbonyl (C=O) groups excluding carboxylic acids is 1. The largest absolute Gasteiger partial charge is 0.482 e. The lowest BCUT2D eigenvalue weighted by atomic mass is 10.1. The molecular weight excluding hydrogens is 465 g/mol. The number of rotatable bonds is 10. The molecule has 0 N–H and O–H groups in total. The van der Waals surface area contributed by atoms with E-state index in [2.05, 4.69) is 0 Å². The van der Waals surface area contributed by atoms with Gasteiger partial charge in [-0.2, -0.15) is 0 Å². The molecule has 1 heterocycles. The minimum atomic E-state index is -0.474. The zero-order valence-corrected chi connectivity index (χ0v) is 20.2. The Morgan fingerprint density at radius 3 is 2.34 bits per heavy atom. The Morgan fingerprint density at radius 2 is 1.66 bits per heavy atom. The van der Waals surface area contributed by atoms with Crippen molar-refractivity contribution in [3.63, 3.8) is 0 Å². The van der Waals surface area contributed by atoms with Crippen LogP contribution < -0.4 is 9.61 Å². The second-order valence-corrected chi connectivity index (χ2v) is 8.84. The van der Waals surface area contributed by atoms with Crippen LogP contribution in [-0.4, -0.2) is 23.8 Å². The molecule has 0 atom stereocenters. The molecule has 0 spiro atoms. The molecule has 0 unspecified atom stereocenters. The van der Waals surface area contributed by atoms with Gasteiger partial charge in [-0.1, -0.05) is 72.0 Å². The van der Waals surface area contributed by atoms with Gasteiger partial charge in [0.1, 0.15) is 11.6 Å². The van der Waals surface area contributed by atoms with Gasteiger partial charge in [-0.3, -0.25) is 9.36 Å². The molecule has 0 aliphatic heterocycles.